The van der Waals surface area contributed by atoms with Gasteiger partial charge >= 0.3 is 0 Å². The number of rotatable bonds is 0. The van der Waals surface area contributed by atoms with E-state index in [1.165, 1.54) is 38.5 Å². The second kappa shape index (κ2) is 3.74. The minimum atomic E-state index is 0.645. The molecule has 0 radical (unpaired) electrons. The molecule has 1 fully saturated rings. The van der Waals surface area contributed by atoms with E-state index in [4.69, 9.17) is 0 Å². The smallest absolute Gasteiger partial charge is 0.0318 e. The Bertz CT molecular complexity index is 206. The highest BCUT2D eigenvalue weighted by molar-refractivity contribution is 5.66. The number of nitrogens with one attached hydrogen (secondary N) is 1. The van der Waals surface area contributed by atoms with Gasteiger partial charge in [-0.25, -0.2) is 0 Å². The van der Waals surface area contributed by atoms with E-state index >= 15 is 0 Å². The van der Waals surface area contributed by atoms with Crippen LogP contribution < -0.4 is 5.43 Å². The maximum atomic E-state index is 4.08. The Balaban J connectivity index is 2.03. The van der Waals surface area contributed by atoms with Crippen LogP contribution in [-0.2, 0) is 0 Å². The average Bonchev–Trinajstić information content (AvgIpc) is 2.06. The summed E-state index contributed by atoms with van der Waals surface area (Å²) in [5, 5.41) is 4.08. The maximum absolute atomic E-state index is 4.08. The lowest BCUT2D eigenvalue weighted by Crippen LogP contribution is -2.16. The van der Waals surface area contributed by atoms with Crippen molar-refractivity contribution in [3.63, 3.8) is 0 Å². The van der Waals surface area contributed by atoms with Crippen LogP contribution in [0.3, 0.4) is 0 Å². The molecule has 1 atom stereocenters. The van der Waals surface area contributed by atoms with Gasteiger partial charge in [0, 0.05) is 18.3 Å². The second-order valence-corrected chi connectivity index (χ2v) is 3.69. The van der Waals surface area contributed by atoms with Gasteiger partial charge in [0.25, 0.3) is 0 Å². The minimum Gasteiger partial charge on any atom is -0.286 e. The number of hydrogen-bond acceptors (Lipinski definition) is 2. The molecule has 0 saturated heterocycles. The van der Waals surface area contributed by atoms with Gasteiger partial charge in [0.1, 0.15) is 0 Å². The highest BCUT2D eigenvalue weighted by Gasteiger charge is 2.15. The zero-order valence-corrected chi connectivity index (χ0v) is 7.42. The van der Waals surface area contributed by atoms with E-state index in [0.29, 0.717) is 5.92 Å². The SMILES string of the molecule is C1=NNC=C2CCCCCCC12. The lowest BCUT2D eigenvalue weighted by atomic mass is 9.87. The van der Waals surface area contributed by atoms with Gasteiger partial charge < -0.3 is 0 Å². The van der Waals surface area contributed by atoms with E-state index in [1.807, 2.05) is 0 Å². The third-order valence-electron chi connectivity index (χ3n) is 2.79. The van der Waals surface area contributed by atoms with Crippen LogP contribution in [0.25, 0.3) is 0 Å². The molecule has 1 N–H and O–H groups in total. The Morgan fingerprint density at radius 1 is 1.25 bits per heavy atom. The first-order valence-electron chi connectivity index (χ1n) is 4.94. The molecule has 0 aromatic rings. The van der Waals surface area contributed by atoms with Gasteiger partial charge in [-0.05, 0) is 24.8 Å². The number of allylic oxidation sites excluding steroid dienone is 1. The lowest BCUT2D eigenvalue weighted by molar-refractivity contribution is 0.523. The molecule has 2 heteroatoms. The van der Waals surface area contributed by atoms with Crippen molar-refractivity contribution in [2.24, 2.45) is 11.0 Å². The Labute approximate surface area is 73.7 Å². The van der Waals surface area contributed by atoms with Gasteiger partial charge in [-0.2, -0.15) is 5.10 Å². The summed E-state index contributed by atoms with van der Waals surface area (Å²) in [4.78, 5) is 0. The van der Waals surface area contributed by atoms with Crippen LogP contribution in [0.15, 0.2) is 16.9 Å². The molecule has 66 valence electrons. The van der Waals surface area contributed by atoms with Crippen molar-refractivity contribution in [3.05, 3.63) is 11.8 Å². The van der Waals surface area contributed by atoms with Crippen LogP contribution in [0, 0.1) is 5.92 Å². The molecular weight excluding hydrogens is 148 g/mol. The van der Waals surface area contributed by atoms with Crippen LogP contribution in [0.2, 0.25) is 0 Å². The fraction of sp³-hybridized carbons (Fsp3) is 0.700. The standard InChI is InChI=1S/C10H16N2/c1-2-4-6-10-8-12-11-7-9(10)5-3-1/h7-9,12H,1-6H2. The van der Waals surface area contributed by atoms with E-state index < -0.39 is 0 Å². The van der Waals surface area contributed by atoms with Crippen molar-refractivity contribution < 1.29 is 0 Å². The summed E-state index contributed by atoms with van der Waals surface area (Å²) in [5.74, 6) is 0.645. The molecule has 2 rings (SSSR count). The van der Waals surface area contributed by atoms with Gasteiger partial charge in [0.15, 0.2) is 0 Å². The van der Waals surface area contributed by atoms with Crippen LogP contribution in [0.5, 0.6) is 0 Å². The van der Waals surface area contributed by atoms with Crippen molar-refractivity contribution in [2.45, 2.75) is 38.5 Å². The molecular formula is C10H16N2. The Hall–Kier alpha value is -0.790. The molecule has 1 unspecified atom stereocenters. The molecule has 0 aromatic heterocycles. The van der Waals surface area contributed by atoms with Crippen molar-refractivity contribution in [1.82, 2.24) is 5.43 Å². The molecule has 0 aromatic carbocycles. The number of hydrogen-bond donors (Lipinski definition) is 1. The fourth-order valence-corrected chi connectivity index (χ4v) is 2.02. The molecule has 1 aliphatic carbocycles. The predicted molar refractivity (Wildman–Crippen MR) is 50.9 cm³/mol. The van der Waals surface area contributed by atoms with E-state index in [9.17, 15) is 0 Å². The van der Waals surface area contributed by atoms with Gasteiger partial charge in [-0.3, -0.25) is 5.43 Å². The summed E-state index contributed by atoms with van der Waals surface area (Å²) in [6.07, 6.45) is 12.3. The summed E-state index contributed by atoms with van der Waals surface area (Å²) in [6, 6.07) is 0. The molecule has 1 heterocycles. The predicted octanol–water partition coefficient (Wildman–Crippen LogP) is 2.43. The van der Waals surface area contributed by atoms with Gasteiger partial charge in [-0.15, -0.1) is 0 Å². The summed E-state index contributed by atoms with van der Waals surface area (Å²) < 4.78 is 0. The van der Waals surface area contributed by atoms with Crippen molar-refractivity contribution in [1.29, 1.82) is 0 Å². The topological polar surface area (TPSA) is 24.4 Å². The van der Waals surface area contributed by atoms with Gasteiger partial charge in [0.05, 0.1) is 0 Å². The van der Waals surface area contributed by atoms with Crippen LogP contribution >= 0.6 is 0 Å². The largest absolute Gasteiger partial charge is 0.286 e. The maximum Gasteiger partial charge on any atom is 0.0318 e. The lowest BCUT2D eigenvalue weighted by Gasteiger charge is -2.21. The molecule has 0 amide bonds. The summed E-state index contributed by atoms with van der Waals surface area (Å²) in [6.45, 7) is 0. The molecule has 2 nitrogen and oxygen atoms in total. The third kappa shape index (κ3) is 1.68. The molecule has 0 bridgehead atoms. The first kappa shape index (κ1) is 7.84. The fourth-order valence-electron chi connectivity index (χ4n) is 2.02. The van der Waals surface area contributed by atoms with Gasteiger partial charge in [-0.1, -0.05) is 19.3 Å². The third-order valence-corrected chi connectivity index (χ3v) is 2.79. The molecule has 1 saturated carbocycles. The molecule has 2 aliphatic rings. The van der Waals surface area contributed by atoms with Crippen molar-refractivity contribution in [2.75, 3.05) is 0 Å². The number of nitrogens with zero attached hydrogens (tertiary/aromatic N) is 1. The Kier molecular flexibility index (Phi) is 2.45. The van der Waals surface area contributed by atoms with E-state index in [-0.39, 0.29) is 0 Å². The van der Waals surface area contributed by atoms with Crippen LogP contribution in [-0.4, -0.2) is 6.21 Å². The van der Waals surface area contributed by atoms with E-state index in [0.717, 1.165) is 0 Å². The summed E-state index contributed by atoms with van der Waals surface area (Å²) in [5.41, 5.74) is 4.50. The highest BCUT2D eigenvalue weighted by Crippen LogP contribution is 2.26. The first-order chi connectivity index (χ1) is 5.97. The molecule has 0 spiro atoms. The van der Waals surface area contributed by atoms with E-state index in [1.54, 1.807) is 5.57 Å². The highest BCUT2D eigenvalue weighted by atomic mass is 15.3. The van der Waals surface area contributed by atoms with Crippen molar-refractivity contribution >= 4 is 6.21 Å². The number of fused-ring (bicyclic) bond motifs is 1. The summed E-state index contributed by atoms with van der Waals surface area (Å²) >= 11 is 0. The minimum absolute atomic E-state index is 0.645. The summed E-state index contributed by atoms with van der Waals surface area (Å²) in [7, 11) is 0. The second-order valence-electron chi connectivity index (χ2n) is 3.69. The Morgan fingerprint density at radius 3 is 3.17 bits per heavy atom. The van der Waals surface area contributed by atoms with Crippen molar-refractivity contribution in [3.8, 4) is 0 Å². The van der Waals surface area contributed by atoms with Crippen LogP contribution in [0.1, 0.15) is 38.5 Å². The van der Waals surface area contributed by atoms with Gasteiger partial charge in [0.2, 0.25) is 0 Å². The zero-order chi connectivity index (χ0) is 8.23. The molecule has 12 heavy (non-hydrogen) atoms. The quantitative estimate of drug-likeness (QED) is 0.584. The average molecular weight is 164 g/mol. The Morgan fingerprint density at radius 2 is 2.17 bits per heavy atom. The van der Waals surface area contributed by atoms with Crippen LogP contribution in [0.4, 0.5) is 0 Å². The normalized spacial score (nSPS) is 29.3. The molecule has 1 aliphatic heterocycles. The monoisotopic (exact) mass is 164 g/mol. The number of hydrazone groups is 1. The van der Waals surface area contributed by atoms with E-state index in [2.05, 4.69) is 22.9 Å². The zero-order valence-electron chi connectivity index (χ0n) is 7.42. The first-order valence-corrected chi connectivity index (χ1v) is 4.94.